The Morgan fingerprint density at radius 2 is 2.14 bits per heavy atom. The van der Waals surface area contributed by atoms with E-state index in [1.165, 1.54) is 6.42 Å². The number of nitrogens with zero attached hydrogens (tertiary/aromatic N) is 2. The summed E-state index contributed by atoms with van der Waals surface area (Å²) in [6, 6.07) is 0.196. The van der Waals surface area contributed by atoms with E-state index >= 15 is 0 Å². The summed E-state index contributed by atoms with van der Waals surface area (Å²) in [6.45, 7) is 3.79. The Bertz CT molecular complexity index is 503. The third-order valence-corrected chi connectivity index (χ3v) is 4.62. The van der Waals surface area contributed by atoms with Gasteiger partial charge < -0.3 is 10.1 Å². The van der Waals surface area contributed by atoms with Gasteiger partial charge in [0, 0.05) is 6.04 Å². The van der Waals surface area contributed by atoms with E-state index in [4.69, 9.17) is 4.74 Å². The molecule has 0 spiro atoms. The van der Waals surface area contributed by atoms with E-state index in [9.17, 15) is 9.59 Å². The van der Waals surface area contributed by atoms with E-state index in [0.717, 1.165) is 30.8 Å². The van der Waals surface area contributed by atoms with Crippen molar-refractivity contribution in [2.75, 3.05) is 6.61 Å². The topological polar surface area (TPSA) is 81.2 Å². The lowest BCUT2D eigenvalue weighted by Gasteiger charge is -2.29. The van der Waals surface area contributed by atoms with Gasteiger partial charge in [-0.05, 0) is 36.7 Å². The molecule has 1 aliphatic rings. The van der Waals surface area contributed by atoms with Crippen LogP contribution in [0, 0.1) is 5.92 Å². The van der Waals surface area contributed by atoms with Crippen LogP contribution in [0.5, 0.6) is 0 Å². The van der Waals surface area contributed by atoms with Gasteiger partial charge in [0.15, 0.2) is 11.5 Å². The summed E-state index contributed by atoms with van der Waals surface area (Å²) >= 11 is 1.00. The van der Waals surface area contributed by atoms with Crippen molar-refractivity contribution in [3.63, 3.8) is 0 Å². The van der Waals surface area contributed by atoms with Crippen LogP contribution >= 0.6 is 11.5 Å². The molecule has 1 aromatic heterocycles. The highest BCUT2D eigenvalue weighted by molar-refractivity contribution is 7.07. The van der Waals surface area contributed by atoms with Crippen LogP contribution in [0.3, 0.4) is 0 Å². The van der Waals surface area contributed by atoms with Gasteiger partial charge in [0.2, 0.25) is 0 Å². The predicted octanol–water partition coefficient (Wildman–Crippen LogP) is 1.95. The molecule has 21 heavy (non-hydrogen) atoms. The lowest BCUT2D eigenvalue weighted by atomic mass is 9.86. The average Bonchev–Trinajstić information content (AvgIpc) is 2.96. The van der Waals surface area contributed by atoms with Gasteiger partial charge in [-0.1, -0.05) is 31.2 Å². The highest BCUT2D eigenvalue weighted by Crippen LogP contribution is 2.23. The maximum Gasteiger partial charge on any atom is 0.352 e. The van der Waals surface area contributed by atoms with E-state index in [1.807, 2.05) is 6.92 Å². The van der Waals surface area contributed by atoms with E-state index < -0.39 is 5.97 Å². The summed E-state index contributed by atoms with van der Waals surface area (Å²) in [5.74, 6) is -0.276. The van der Waals surface area contributed by atoms with Crippen molar-refractivity contribution in [2.45, 2.75) is 52.0 Å². The minimum atomic E-state index is -0.520. The second-order valence-electron chi connectivity index (χ2n) is 5.41. The van der Waals surface area contributed by atoms with E-state index in [-0.39, 0.29) is 18.6 Å². The van der Waals surface area contributed by atoms with Crippen molar-refractivity contribution in [3.05, 3.63) is 10.6 Å². The third kappa shape index (κ3) is 4.23. The zero-order valence-corrected chi connectivity index (χ0v) is 13.2. The number of hydrogen-bond acceptors (Lipinski definition) is 6. The molecule has 2 rings (SSSR count). The lowest BCUT2D eigenvalue weighted by molar-refractivity contribution is -0.125. The summed E-state index contributed by atoms with van der Waals surface area (Å²) < 4.78 is 8.78. The van der Waals surface area contributed by atoms with Gasteiger partial charge in [-0.3, -0.25) is 4.79 Å². The standard InChI is InChI=1S/C14H21N3O3S/c1-3-10-13(21-17-16-10)14(19)20-8-12(18)15-11-7-5-4-6-9(11)2/h9,11H,3-8H2,1-2H3,(H,15,18)/t9-,11-/m0/s1. The fourth-order valence-electron chi connectivity index (χ4n) is 2.57. The smallest absolute Gasteiger partial charge is 0.352 e. The minimum Gasteiger partial charge on any atom is -0.451 e. The summed E-state index contributed by atoms with van der Waals surface area (Å²) in [6.07, 6.45) is 5.12. The molecule has 0 bridgehead atoms. The molecule has 6 nitrogen and oxygen atoms in total. The number of ether oxygens (including phenoxy) is 1. The number of esters is 1. The second-order valence-corrected chi connectivity index (χ2v) is 6.17. The van der Waals surface area contributed by atoms with E-state index in [0.29, 0.717) is 22.9 Å². The Morgan fingerprint density at radius 3 is 2.86 bits per heavy atom. The number of carbonyl (C=O) groups is 2. The molecule has 7 heteroatoms. The van der Waals surface area contributed by atoms with E-state index in [1.54, 1.807) is 0 Å². The lowest BCUT2D eigenvalue weighted by Crippen LogP contribution is -2.42. The zero-order valence-electron chi connectivity index (χ0n) is 12.4. The molecular formula is C14H21N3O3S. The number of aromatic nitrogens is 2. The van der Waals surface area contributed by atoms with Crippen molar-refractivity contribution in [1.29, 1.82) is 0 Å². The molecule has 2 atom stereocenters. The Morgan fingerprint density at radius 1 is 1.38 bits per heavy atom. The second kappa shape index (κ2) is 7.49. The van der Waals surface area contributed by atoms with Crippen LogP contribution in [-0.4, -0.2) is 34.1 Å². The molecular weight excluding hydrogens is 290 g/mol. The molecule has 1 aliphatic carbocycles. The first-order valence-corrected chi connectivity index (χ1v) is 8.16. The Kier molecular flexibility index (Phi) is 5.67. The predicted molar refractivity (Wildman–Crippen MR) is 79.1 cm³/mol. The molecule has 1 N–H and O–H groups in total. The van der Waals surface area contributed by atoms with Crippen molar-refractivity contribution in [1.82, 2.24) is 14.9 Å². The SMILES string of the molecule is CCc1nnsc1C(=O)OCC(=O)N[C@H]1CCCC[C@@H]1C. The number of aryl methyl sites for hydroxylation is 1. The summed E-state index contributed by atoms with van der Waals surface area (Å²) in [4.78, 5) is 24.1. The number of amides is 1. The van der Waals surface area contributed by atoms with Crippen LogP contribution in [0.2, 0.25) is 0 Å². The molecule has 1 amide bonds. The van der Waals surface area contributed by atoms with Gasteiger partial charge in [-0.2, -0.15) is 0 Å². The Balaban J connectivity index is 1.79. The summed E-state index contributed by atoms with van der Waals surface area (Å²) in [5, 5.41) is 6.81. The maximum absolute atomic E-state index is 11.9. The number of carbonyl (C=O) groups excluding carboxylic acids is 2. The Hall–Kier alpha value is -1.50. The molecule has 0 radical (unpaired) electrons. The van der Waals surface area contributed by atoms with Crippen LogP contribution in [0.4, 0.5) is 0 Å². The van der Waals surface area contributed by atoms with Gasteiger partial charge in [0.05, 0.1) is 5.69 Å². The molecule has 1 heterocycles. The highest BCUT2D eigenvalue weighted by atomic mass is 32.1. The molecule has 0 aromatic carbocycles. The summed E-state index contributed by atoms with van der Waals surface area (Å²) in [5.41, 5.74) is 0.617. The molecule has 116 valence electrons. The molecule has 0 aliphatic heterocycles. The molecule has 0 saturated heterocycles. The van der Waals surface area contributed by atoms with Crippen LogP contribution in [0.1, 0.15) is 54.9 Å². The van der Waals surface area contributed by atoms with Gasteiger partial charge >= 0.3 is 5.97 Å². The van der Waals surface area contributed by atoms with Crippen LogP contribution in [0.25, 0.3) is 0 Å². The average molecular weight is 311 g/mol. The van der Waals surface area contributed by atoms with Crippen LogP contribution < -0.4 is 5.32 Å². The summed E-state index contributed by atoms with van der Waals surface area (Å²) in [7, 11) is 0. The first-order valence-electron chi connectivity index (χ1n) is 7.39. The Labute approximate surface area is 128 Å². The molecule has 1 fully saturated rings. The van der Waals surface area contributed by atoms with E-state index in [2.05, 4.69) is 21.8 Å². The van der Waals surface area contributed by atoms with Crippen LogP contribution in [-0.2, 0) is 16.0 Å². The molecule has 1 aromatic rings. The fourth-order valence-corrected chi connectivity index (χ4v) is 3.22. The minimum absolute atomic E-state index is 0.196. The molecule has 1 saturated carbocycles. The zero-order chi connectivity index (χ0) is 15.2. The van der Waals surface area contributed by atoms with Crippen LogP contribution in [0.15, 0.2) is 0 Å². The van der Waals surface area contributed by atoms with Gasteiger partial charge in [-0.15, -0.1) is 5.10 Å². The van der Waals surface area contributed by atoms with Crippen molar-refractivity contribution < 1.29 is 14.3 Å². The largest absolute Gasteiger partial charge is 0.451 e. The number of nitrogens with one attached hydrogen (secondary N) is 1. The number of hydrogen-bond donors (Lipinski definition) is 1. The van der Waals surface area contributed by atoms with Crippen molar-refractivity contribution >= 4 is 23.4 Å². The fraction of sp³-hybridized carbons (Fsp3) is 0.714. The quantitative estimate of drug-likeness (QED) is 0.841. The van der Waals surface area contributed by atoms with Gasteiger partial charge in [0.25, 0.3) is 5.91 Å². The highest BCUT2D eigenvalue weighted by Gasteiger charge is 2.23. The normalized spacial score (nSPS) is 21.8. The first-order chi connectivity index (χ1) is 10.1. The maximum atomic E-state index is 11.9. The van der Waals surface area contributed by atoms with Gasteiger partial charge in [-0.25, -0.2) is 4.79 Å². The third-order valence-electron chi connectivity index (χ3n) is 3.87. The monoisotopic (exact) mass is 311 g/mol. The first kappa shape index (κ1) is 15.9. The van der Waals surface area contributed by atoms with Gasteiger partial charge in [0.1, 0.15) is 0 Å². The molecule has 0 unspecified atom stereocenters. The van der Waals surface area contributed by atoms with Crippen molar-refractivity contribution in [3.8, 4) is 0 Å². The van der Waals surface area contributed by atoms with Crippen molar-refractivity contribution in [2.24, 2.45) is 5.92 Å². The number of rotatable bonds is 5.